The van der Waals surface area contributed by atoms with Crippen LogP contribution in [0.4, 0.5) is 0 Å². The third kappa shape index (κ3) is 2.92. The highest BCUT2D eigenvalue weighted by Gasteiger charge is 2.17. The van der Waals surface area contributed by atoms with Crippen molar-refractivity contribution in [2.24, 2.45) is 0 Å². The zero-order valence-corrected chi connectivity index (χ0v) is 12.8. The maximum absolute atomic E-state index is 11.3. The normalized spacial score (nSPS) is 14.5. The first-order valence-electron chi connectivity index (χ1n) is 6.01. The molecule has 0 saturated heterocycles. The van der Waals surface area contributed by atoms with Gasteiger partial charge in [-0.2, -0.15) is 0 Å². The van der Waals surface area contributed by atoms with Crippen LogP contribution in [0.15, 0.2) is 18.2 Å². The first-order valence-corrected chi connectivity index (χ1v) is 8.18. The van der Waals surface area contributed by atoms with E-state index in [4.69, 9.17) is 16.3 Å². The summed E-state index contributed by atoms with van der Waals surface area (Å²) in [5.74, 6) is 2.10. The van der Waals surface area contributed by atoms with E-state index in [1.807, 2.05) is 29.7 Å². The first-order chi connectivity index (χ1) is 9.04. The van der Waals surface area contributed by atoms with Crippen LogP contribution >= 0.6 is 11.6 Å². The van der Waals surface area contributed by atoms with Crippen molar-refractivity contribution in [2.45, 2.75) is 18.8 Å². The fraction of sp³-hybridized carbons (Fsp3) is 0.462. The fourth-order valence-electron chi connectivity index (χ4n) is 2.06. The molecule has 104 valence electrons. The molecule has 0 bridgehead atoms. The number of aromatic nitrogens is 2. The van der Waals surface area contributed by atoms with Crippen LogP contribution in [0.3, 0.4) is 0 Å². The standard InChI is InChI=1S/C13H17ClN2O2S/c1-9(14)13-15-12-10(5-4-6-11(12)18-2)16(13)7-8-19(3)17/h4-6,9H,7-8H2,1-3H3. The maximum atomic E-state index is 11.3. The van der Waals surface area contributed by atoms with Gasteiger partial charge in [-0.3, -0.25) is 4.21 Å². The van der Waals surface area contributed by atoms with Gasteiger partial charge in [0.1, 0.15) is 17.1 Å². The van der Waals surface area contributed by atoms with Gasteiger partial charge in [0.25, 0.3) is 0 Å². The molecule has 0 amide bonds. The smallest absolute Gasteiger partial charge is 0.146 e. The Labute approximate surface area is 120 Å². The monoisotopic (exact) mass is 300 g/mol. The number of halogens is 1. The summed E-state index contributed by atoms with van der Waals surface area (Å²) in [6, 6.07) is 5.78. The van der Waals surface area contributed by atoms with Crippen molar-refractivity contribution in [1.82, 2.24) is 9.55 Å². The molecule has 1 aromatic heterocycles. The lowest BCUT2D eigenvalue weighted by Crippen LogP contribution is -2.10. The molecule has 0 saturated carbocycles. The predicted molar refractivity (Wildman–Crippen MR) is 79.5 cm³/mol. The number of ether oxygens (including phenoxy) is 1. The Morgan fingerprint density at radius 3 is 2.84 bits per heavy atom. The molecule has 2 atom stereocenters. The van der Waals surface area contributed by atoms with Crippen LogP contribution in [0, 0.1) is 0 Å². The number of imidazole rings is 1. The van der Waals surface area contributed by atoms with Gasteiger partial charge in [0.15, 0.2) is 0 Å². The van der Waals surface area contributed by atoms with E-state index < -0.39 is 10.8 Å². The minimum atomic E-state index is -0.845. The molecular weight excluding hydrogens is 284 g/mol. The molecule has 1 aromatic carbocycles. The van der Waals surface area contributed by atoms with Crippen molar-refractivity contribution in [2.75, 3.05) is 19.1 Å². The van der Waals surface area contributed by atoms with Crippen molar-refractivity contribution >= 4 is 33.4 Å². The zero-order chi connectivity index (χ0) is 14.0. The number of fused-ring (bicyclic) bond motifs is 1. The molecule has 0 aliphatic carbocycles. The third-order valence-electron chi connectivity index (χ3n) is 2.95. The molecule has 0 aliphatic heterocycles. The molecule has 0 N–H and O–H groups in total. The number of nitrogens with zero attached hydrogens (tertiary/aromatic N) is 2. The van der Waals surface area contributed by atoms with Gasteiger partial charge in [-0.15, -0.1) is 11.6 Å². The van der Waals surface area contributed by atoms with Crippen LogP contribution < -0.4 is 4.74 Å². The molecule has 2 unspecified atom stereocenters. The van der Waals surface area contributed by atoms with Crippen LogP contribution in [-0.4, -0.2) is 32.9 Å². The Hall–Kier alpha value is -1.07. The second-order valence-electron chi connectivity index (χ2n) is 4.34. The van der Waals surface area contributed by atoms with Gasteiger partial charge < -0.3 is 9.30 Å². The van der Waals surface area contributed by atoms with Gasteiger partial charge in [0.2, 0.25) is 0 Å². The van der Waals surface area contributed by atoms with Gasteiger partial charge >= 0.3 is 0 Å². The topological polar surface area (TPSA) is 44.1 Å². The molecule has 0 spiro atoms. The average Bonchev–Trinajstić information content (AvgIpc) is 2.74. The lowest BCUT2D eigenvalue weighted by Gasteiger charge is -2.09. The highest BCUT2D eigenvalue weighted by atomic mass is 35.5. The van der Waals surface area contributed by atoms with E-state index in [1.54, 1.807) is 13.4 Å². The van der Waals surface area contributed by atoms with Crippen molar-refractivity contribution in [3.63, 3.8) is 0 Å². The number of para-hydroxylation sites is 1. The van der Waals surface area contributed by atoms with Crippen molar-refractivity contribution in [3.8, 4) is 5.75 Å². The number of rotatable bonds is 5. The largest absolute Gasteiger partial charge is 0.494 e. The number of alkyl halides is 1. The second kappa shape index (κ2) is 5.92. The summed E-state index contributed by atoms with van der Waals surface area (Å²) in [7, 11) is 0.779. The zero-order valence-electron chi connectivity index (χ0n) is 11.2. The lowest BCUT2D eigenvalue weighted by molar-refractivity contribution is 0.419. The highest BCUT2D eigenvalue weighted by Crippen LogP contribution is 2.29. The van der Waals surface area contributed by atoms with Crippen LogP contribution in [0.2, 0.25) is 0 Å². The molecule has 4 nitrogen and oxygen atoms in total. The molecule has 6 heteroatoms. The van der Waals surface area contributed by atoms with Gasteiger partial charge in [-0.05, 0) is 19.1 Å². The number of benzene rings is 1. The van der Waals surface area contributed by atoms with E-state index in [0.717, 1.165) is 22.6 Å². The average molecular weight is 301 g/mol. The van der Waals surface area contributed by atoms with Gasteiger partial charge in [-0.25, -0.2) is 4.98 Å². The van der Waals surface area contributed by atoms with E-state index in [-0.39, 0.29) is 5.38 Å². The molecule has 19 heavy (non-hydrogen) atoms. The predicted octanol–water partition coefficient (Wildman–Crippen LogP) is 2.72. The lowest BCUT2D eigenvalue weighted by atomic mass is 10.3. The summed E-state index contributed by atoms with van der Waals surface area (Å²) in [6.45, 7) is 2.52. The number of aryl methyl sites for hydroxylation is 1. The van der Waals surface area contributed by atoms with Gasteiger partial charge in [0.05, 0.1) is 18.0 Å². The molecule has 1 heterocycles. The van der Waals surface area contributed by atoms with E-state index in [0.29, 0.717) is 12.3 Å². The van der Waals surface area contributed by atoms with Gasteiger partial charge in [0, 0.05) is 29.4 Å². The minimum Gasteiger partial charge on any atom is -0.494 e. The van der Waals surface area contributed by atoms with E-state index in [9.17, 15) is 4.21 Å². The Morgan fingerprint density at radius 2 is 2.26 bits per heavy atom. The Morgan fingerprint density at radius 1 is 1.53 bits per heavy atom. The number of methoxy groups -OCH3 is 1. The Balaban J connectivity index is 2.57. The molecule has 0 radical (unpaired) electrons. The SMILES string of the molecule is COc1cccc2c1nc(C(C)Cl)n2CCS(C)=O. The summed E-state index contributed by atoms with van der Waals surface area (Å²) in [5, 5.41) is -0.206. The Kier molecular flexibility index (Phi) is 4.47. The molecule has 0 aliphatic rings. The molecular formula is C13H17ClN2O2S. The minimum absolute atomic E-state index is 0.206. The number of hydrogen-bond acceptors (Lipinski definition) is 3. The summed E-state index contributed by atoms with van der Waals surface area (Å²) in [4.78, 5) is 4.57. The summed E-state index contributed by atoms with van der Waals surface area (Å²) >= 11 is 6.19. The van der Waals surface area contributed by atoms with Crippen LogP contribution in [0.1, 0.15) is 18.1 Å². The Bertz CT molecular complexity index is 610. The maximum Gasteiger partial charge on any atom is 0.146 e. The fourth-order valence-corrected chi connectivity index (χ4v) is 2.67. The molecule has 2 aromatic rings. The first kappa shape index (κ1) is 14.3. The van der Waals surface area contributed by atoms with E-state index in [1.165, 1.54) is 0 Å². The third-order valence-corrected chi connectivity index (χ3v) is 3.90. The van der Waals surface area contributed by atoms with E-state index >= 15 is 0 Å². The molecule has 0 fully saturated rings. The van der Waals surface area contributed by atoms with Crippen molar-refractivity contribution in [1.29, 1.82) is 0 Å². The summed E-state index contributed by atoms with van der Waals surface area (Å²) in [6.07, 6.45) is 1.70. The summed E-state index contributed by atoms with van der Waals surface area (Å²) in [5.41, 5.74) is 1.77. The number of hydrogen-bond donors (Lipinski definition) is 0. The highest BCUT2D eigenvalue weighted by molar-refractivity contribution is 7.84. The van der Waals surface area contributed by atoms with Crippen molar-refractivity contribution < 1.29 is 8.95 Å². The van der Waals surface area contributed by atoms with E-state index in [2.05, 4.69) is 4.98 Å². The molecule has 2 rings (SSSR count). The van der Waals surface area contributed by atoms with Crippen molar-refractivity contribution in [3.05, 3.63) is 24.0 Å². The van der Waals surface area contributed by atoms with Crippen LogP contribution in [0.5, 0.6) is 5.75 Å². The van der Waals surface area contributed by atoms with Crippen LogP contribution in [0.25, 0.3) is 11.0 Å². The van der Waals surface area contributed by atoms with Gasteiger partial charge in [-0.1, -0.05) is 6.07 Å². The van der Waals surface area contributed by atoms with Crippen LogP contribution in [-0.2, 0) is 17.3 Å². The summed E-state index contributed by atoms with van der Waals surface area (Å²) < 4.78 is 18.6. The quantitative estimate of drug-likeness (QED) is 0.798. The second-order valence-corrected chi connectivity index (χ2v) is 6.55.